The average molecular weight is 525 g/mol. The number of piperidine rings is 1. The number of nitroso groups, excluding NO2 is 1. The molecule has 206 valence electrons. The number of benzene rings is 1. The molecule has 2 unspecified atom stereocenters. The summed E-state index contributed by atoms with van der Waals surface area (Å²) in [6.07, 6.45) is 13.5. The molecule has 0 bridgehead atoms. The van der Waals surface area contributed by atoms with Gasteiger partial charge in [0.1, 0.15) is 6.04 Å². The van der Waals surface area contributed by atoms with Gasteiger partial charge < -0.3 is 4.90 Å². The smallest absolute Gasteiger partial charge is 0.151 e. The minimum atomic E-state index is -0.543. The molecular weight excluding hydrogens is 480 g/mol. The molecule has 0 N–H and O–H groups in total. The molecular formula is C35H44N2O2. The third kappa shape index (κ3) is 4.14. The predicted octanol–water partition coefficient (Wildman–Crippen LogP) is 8.13. The van der Waals surface area contributed by atoms with E-state index in [9.17, 15) is 9.70 Å². The lowest BCUT2D eigenvalue weighted by Crippen LogP contribution is -2.50. The highest BCUT2D eigenvalue weighted by atomic mass is 16.3. The van der Waals surface area contributed by atoms with Crippen molar-refractivity contribution in [2.45, 2.75) is 103 Å². The number of carbonyl (C=O) groups is 1. The van der Waals surface area contributed by atoms with Crippen LogP contribution in [0.4, 0.5) is 5.69 Å². The minimum absolute atomic E-state index is 0.142. The third-order valence-electron chi connectivity index (χ3n) is 11.3. The molecule has 2 saturated carbocycles. The lowest BCUT2D eigenvalue weighted by Gasteiger charge is -2.55. The topological polar surface area (TPSA) is 49.7 Å². The van der Waals surface area contributed by atoms with Crippen molar-refractivity contribution in [1.82, 2.24) is 0 Å². The van der Waals surface area contributed by atoms with Crippen LogP contribution in [-0.4, -0.2) is 24.9 Å². The monoisotopic (exact) mass is 524 g/mol. The molecule has 4 nitrogen and oxygen atoms in total. The molecule has 1 aliphatic heterocycles. The summed E-state index contributed by atoms with van der Waals surface area (Å²) in [5.74, 6) is 8.35. The number of allylic oxidation sites excluding steroid dienone is 3. The molecule has 0 spiro atoms. The van der Waals surface area contributed by atoms with Crippen molar-refractivity contribution in [3.05, 3.63) is 57.5 Å². The lowest BCUT2D eigenvalue weighted by atomic mass is 9.48. The average Bonchev–Trinajstić information content (AvgIpc) is 3.29. The summed E-state index contributed by atoms with van der Waals surface area (Å²) in [7, 11) is 0. The fraction of sp³-hybridized carbons (Fsp3) is 0.629. The first kappa shape index (κ1) is 26.5. The van der Waals surface area contributed by atoms with E-state index in [1.807, 2.05) is 13.8 Å². The molecule has 5 aliphatic rings. The quantitative estimate of drug-likeness (QED) is 0.289. The standard InChI is InChI=1S/C35H44N2O2/c1-4-18-35(32(38)5-2)19-17-31-29-15-11-25-22-26(36-39)12-16-28(25)33(29)30(23-34(31,35)3)24-9-13-27(14-10-24)37-20-7-6-8-21-37/h9-10,13-14,22,26,29-31H,5-8,11-12,15-17,19-21,23H2,1-3H3/t26?,29-,30?,31-,34-,35+/m0/s1. The van der Waals surface area contributed by atoms with Crippen LogP contribution in [-0.2, 0) is 4.79 Å². The van der Waals surface area contributed by atoms with Crippen LogP contribution in [0.2, 0.25) is 0 Å². The van der Waals surface area contributed by atoms with Gasteiger partial charge in [-0.15, -0.1) is 5.92 Å². The van der Waals surface area contributed by atoms with Gasteiger partial charge in [-0.3, -0.25) is 4.79 Å². The van der Waals surface area contributed by atoms with Crippen molar-refractivity contribution >= 4 is 11.5 Å². The summed E-state index contributed by atoms with van der Waals surface area (Å²) in [5.41, 5.74) is 6.54. The summed E-state index contributed by atoms with van der Waals surface area (Å²) in [4.78, 5) is 27.7. The Balaban J connectivity index is 1.47. The van der Waals surface area contributed by atoms with Gasteiger partial charge in [-0.2, -0.15) is 4.91 Å². The van der Waals surface area contributed by atoms with E-state index in [1.54, 1.807) is 5.57 Å². The van der Waals surface area contributed by atoms with E-state index >= 15 is 0 Å². The number of hydrogen-bond donors (Lipinski definition) is 0. The molecule has 4 heteroatoms. The third-order valence-corrected chi connectivity index (χ3v) is 11.3. The van der Waals surface area contributed by atoms with E-state index < -0.39 is 5.41 Å². The highest BCUT2D eigenvalue weighted by molar-refractivity contribution is 5.89. The molecule has 4 aliphatic carbocycles. The van der Waals surface area contributed by atoms with Gasteiger partial charge >= 0.3 is 0 Å². The first-order valence-corrected chi connectivity index (χ1v) is 15.5. The van der Waals surface area contributed by atoms with Crippen LogP contribution in [0, 0.1) is 39.4 Å². The fourth-order valence-electron chi connectivity index (χ4n) is 9.51. The van der Waals surface area contributed by atoms with Crippen LogP contribution in [0.25, 0.3) is 0 Å². The van der Waals surface area contributed by atoms with Gasteiger partial charge in [0.05, 0.1) is 5.41 Å². The maximum Gasteiger partial charge on any atom is 0.151 e. The zero-order chi connectivity index (χ0) is 27.2. The first-order chi connectivity index (χ1) is 19.0. The van der Waals surface area contributed by atoms with Gasteiger partial charge in [-0.05, 0) is 117 Å². The van der Waals surface area contributed by atoms with Crippen molar-refractivity contribution in [1.29, 1.82) is 0 Å². The Bertz CT molecular complexity index is 1260. The zero-order valence-corrected chi connectivity index (χ0v) is 24.1. The number of ketones is 1. The molecule has 1 heterocycles. The van der Waals surface area contributed by atoms with E-state index in [-0.39, 0.29) is 17.4 Å². The SMILES string of the molecule is CC#C[C@]1(C(=O)CC)CC[C@H]2[C@@H]3CCC4=CC(N=O)CCC4=C3C(c3ccc(N4CCCCC4)cc3)C[C@@]21C. The number of fused-ring (bicyclic) bond motifs is 4. The van der Waals surface area contributed by atoms with Crippen LogP contribution in [0.1, 0.15) is 103 Å². The van der Waals surface area contributed by atoms with Crippen LogP contribution in [0.15, 0.2) is 52.2 Å². The van der Waals surface area contributed by atoms with Crippen molar-refractivity contribution in [2.75, 3.05) is 18.0 Å². The van der Waals surface area contributed by atoms with Gasteiger partial charge in [-0.1, -0.05) is 48.7 Å². The summed E-state index contributed by atoms with van der Waals surface area (Å²) in [6, 6.07) is 9.25. The highest BCUT2D eigenvalue weighted by Gasteiger charge is 2.65. The number of nitrogens with zero attached hydrogens (tertiary/aromatic N) is 2. The van der Waals surface area contributed by atoms with Crippen molar-refractivity contribution in [3.63, 3.8) is 0 Å². The molecule has 0 radical (unpaired) electrons. The summed E-state index contributed by atoms with van der Waals surface area (Å²) in [5, 5.41) is 3.40. The molecule has 1 aromatic carbocycles. The maximum absolute atomic E-state index is 13.7. The van der Waals surface area contributed by atoms with Crippen LogP contribution < -0.4 is 4.90 Å². The molecule has 1 aromatic rings. The normalized spacial score (nSPS) is 35.7. The van der Waals surface area contributed by atoms with Crippen molar-refractivity contribution in [2.24, 2.45) is 27.8 Å². The second kappa shape index (κ2) is 10.4. The number of hydrogen-bond acceptors (Lipinski definition) is 4. The Kier molecular flexibility index (Phi) is 7.07. The van der Waals surface area contributed by atoms with Gasteiger partial charge in [0.25, 0.3) is 0 Å². The second-order valence-electron chi connectivity index (χ2n) is 13.0. The van der Waals surface area contributed by atoms with Crippen LogP contribution >= 0.6 is 0 Å². The zero-order valence-electron chi connectivity index (χ0n) is 24.1. The molecule has 1 saturated heterocycles. The van der Waals surface area contributed by atoms with Gasteiger partial charge in [0.15, 0.2) is 5.78 Å². The van der Waals surface area contributed by atoms with E-state index in [1.165, 1.54) is 41.7 Å². The van der Waals surface area contributed by atoms with E-state index in [4.69, 9.17) is 0 Å². The van der Waals surface area contributed by atoms with Crippen LogP contribution in [0.5, 0.6) is 0 Å². The molecule has 39 heavy (non-hydrogen) atoms. The molecule has 6 atom stereocenters. The van der Waals surface area contributed by atoms with Crippen molar-refractivity contribution in [3.8, 4) is 11.8 Å². The maximum atomic E-state index is 13.7. The van der Waals surface area contributed by atoms with Crippen molar-refractivity contribution < 1.29 is 4.79 Å². The number of carbonyl (C=O) groups excluding carboxylic acids is 1. The Morgan fingerprint density at radius 2 is 1.85 bits per heavy atom. The Morgan fingerprint density at radius 1 is 1.08 bits per heavy atom. The summed E-state index contributed by atoms with van der Waals surface area (Å²) >= 11 is 0. The lowest BCUT2D eigenvalue weighted by molar-refractivity contribution is -0.132. The minimum Gasteiger partial charge on any atom is -0.372 e. The van der Waals surface area contributed by atoms with E-state index in [2.05, 4.69) is 59.2 Å². The fourth-order valence-corrected chi connectivity index (χ4v) is 9.51. The summed E-state index contributed by atoms with van der Waals surface area (Å²) in [6.45, 7) is 8.64. The van der Waals surface area contributed by atoms with Gasteiger partial charge in [0.2, 0.25) is 0 Å². The number of rotatable bonds is 5. The molecule has 0 amide bonds. The Labute approximate surface area is 234 Å². The summed E-state index contributed by atoms with van der Waals surface area (Å²) < 4.78 is 0. The van der Waals surface area contributed by atoms with Gasteiger partial charge in [-0.25, -0.2) is 0 Å². The van der Waals surface area contributed by atoms with Crippen LogP contribution in [0.3, 0.4) is 0 Å². The second-order valence-corrected chi connectivity index (χ2v) is 13.0. The van der Waals surface area contributed by atoms with E-state index in [0.29, 0.717) is 24.0 Å². The Hall–Kier alpha value is -2.67. The highest BCUT2D eigenvalue weighted by Crippen LogP contribution is 2.70. The number of Topliss-reactive ketones (excluding diaryl/α,β-unsaturated/α-hetero) is 1. The molecule has 6 rings (SSSR count). The predicted molar refractivity (Wildman–Crippen MR) is 159 cm³/mol. The first-order valence-electron chi connectivity index (χ1n) is 15.5. The van der Waals surface area contributed by atoms with Gasteiger partial charge in [0, 0.05) is 31.1 Å². The Morgan fingerprint density at radius 3 is 2.54 bits per heavy atom. The molecule has 0 aromatic heterocycles. The number of anilines is 1. The van der Waals surface area contributed by atoms with E-state index in [0.717, 1.165) is 58.0 Å². The largest absolute Gasteiger partial charge is 0.372 e. The molecule has 3 fully saturated rings.